The Balaban J connectivity index is 0.00000125. The fourth-order valence-electron chi connectivity index (χ4n) is 2.38. The summed E-state index contributed by atoms with van der Waals surface area (Å²) in [5.41, 5.74) is -4.86. The van der Waals surface area contributed by atoms with Crippen molar-refractivity contribution in [3.8, 4) is 6.07 Å². The lowest BCUT2D eigenvalue weighted by atomic mass is 10.1. The highest BCUT2D eigenvalue weighted by Gasteiger charge is 2.38. The van der Waals surface area contributed by atoms with Crippen molar-refractivity contribution in [1.82, 2.24) is 0 Å². The van der Waals surface area contributed by atoms with Gasteiger partial charge in [0.05, 0.1) is 27.8 Å². The summed E-state index contributed by atoms with van der Waals surface area (Å²) in [6, 6.07) is 7.40. The number of nitrogens with zero attached hydrogens (tertiary/aromatic N) is 1. The molecule has 1 unspecified atom stereocenters. The van der Waals surface area contributed by atoms with Crippen molar-refractivity contribution < 1.29 is 50.9 Å². The molecule has 0 spiro atoms. The minimum atomic E-state index is -4.86. The standard InChI is InChI=1S/C18H14F4N2O4S.CH2O3/c1-17(26,10-29(27,28)14-6-3-12(19)4-7-14)16(25)24-13-5-2-11(9-23)15(8-13)18(20,21)22;2-1(3)4/h2-8,26H,10H2,1H3,(H,24,25);(H2,2,3,4)/p-2. The van der Waals surface area contributed by atoms with Crippen molar-refractivity contribution >= 4 is 27.6 Å². The third-order valence-electron chi connectivity index (χ3n) is 3.84. The predicted octanol–water partition coefficient (Wildman–Crippen LogP) is 0.433. The van der Waals surface area contributed by atoms with Crippen molar-refractivity contribution in [3.05, 3.63) is 59.4 Å². The molecule has 1 amide bonds. The maximum absolute atomic E-state index is 13.0. The first-order valence-electron chi connectivity index (χ1n) is 8.51. The van der Waals surface area contributed by atoms with Gasteiger partial charge in [0.2, 0.25) is 0 Å². The Hall–Kier alpha value is -3.70. The van der Waals surface area contributed by atoms with E-state index in [-0.39, 0.29) is 10.6 Å². The molecule has 1 atom stereocenters. The van der Waals surface area contributed by atoms with Crippen LogP contribution in [0.25, 0.3) is 0 Å². The van der Waals surface area contributed by atoms with Crippen LogP contribution in [0.2, 0.25) is 0 Å². The molecule has 2 rings (SSSR count). The third kappa shape index (κ3) is 8.05. The molecule has 0 saturated heterocycles. The van der Waals surface area contributed by atoms with Gasteiger partial charge in [-0.05, 0) is 55.5 Å². The molecular weight excluding hydrogens is 476 g/mol. The Labute approximate surface area is 184 Å². The molecule has 0 fully saturated rings. The molecule has 9 nitrogen and oxygen atoms in total. The minimum Gasteiger partial charge on any atom is -0.652 e. The van der Waals surface area contributed by atoms with Crippen LogP contribution < -0.4 is 15.5 Å². The van der Waals surface area contributed by atoms with Gasteiger partial charge in [0.25, 0.3) is 5.91 Å². The smallest absolute Gasteiger partial charge is 0.417 e. The van der Waals surface area contributed by atoms with Gasteiger partial charge in [0.1, 0.15) is 5.82 Å². The molecule has 0 aromatic heterocycles. The Kier molecular flexibility index (Phi) is 8.51. The lowest BCUT2D eigenvalue weighted by Crippen LogP contribution is -2.45. The molecule has 2 N–H and O–H groups in total. The number of carbonyl (C=O) groups excluding carboxylic acids is 2. The summed E-state index contributed by atoms with van der Waals surface area (Å²) in [7, 11) is -4.21. The summed E-state index contributed by atoms with van der Waals surface area (Å²) >= 11 is 0. The fourth-order valence-corrected chi connectivity index (χ4v) is 3.97. The van der Waals surface area contributed by atoms with Crippen LogP contribution in [0.15, 0.2) is 47.4 Å². The number of aliphatic hydroxyl groups is 1. The van der Waals surface area contributed by atoms with Crippen molar-refractivity contribution in [3.63, 3.8) is 0 Å². The summed E-state index contributed by atoms with van der Waals surface area (Å²) in [5, 5.41) is 37.7. The van der Waals surface area contributed by atoms with Gasteiger partial charge < -0.3 is 25.4 Å². The number of hydrogen-bond donors (Lipinski definition) is 2. The monoisotopic (exact) mass is 490 g/mol. The number of carbonyl (C=O) groups is 2. The molecule has 0 saturated carbocycles. The van der Waals surface area contributed by atoms with E-state index in [1.807, 2.05) is 5.32 Å². The van der Waals surface area contributed by atoms with E-state index in [2.05, 4.69) is 0 Å². The number of nitrogens with one attached hydrogen (secondary N) is 1. The predicted molar refractivity (Wildman–Crippen MR) is 99.3 cm³/mol. The number of sulfone groups is 1. The van der Waals surface area contributed by atoms with E-state index in [4.69, 9.17) is 20.3 Å². The van der Waals surface area contributed by atoms with Crippen LogP contribution in [0.5, 0.6) is 0 Å². The number of benzene rings is 2. The number of hydrogen-bond acceptors (Lipinski definition) is 8. The van der Waals surface area contributed by atoms with E-state index < -0.39 is 56.4 Å². The van der Waals surface area contributed by atoms with Crippen LogP contribution in [0.1, 0.15) is 18.1 Å². The number of amides is 1. The normalized spacial score (nSPS) is 13.0. The quantitative estimate of drug-likeness (QED) is 0.449. The van der Waals surface area contributed by atoms with Crippen LogP contribution in [-0.2, 0) is 20.8 Å². The first-order valence-corrected chi connectivity index (χ1v) is 10.2. The van der Waals surface area contributed by atoms with Gasteiger partial charge in [-0.3, -0.25) is 4.79 Å². The molecule has 0 aliphatic heterocycles. The Bertz CT molecular complexity index is 1170. The zero-order valence-electron chi connectivity index (χ0n) is 16.5. The Morgan fingerprint density at radius 2 is 1.64 bits per heavy atom. The van der Waals surface area contributed by atoms with Crippen molar-refractivity contribution in [2.45, 2.75) is 23.6 Å². The van der Waals surface area contributed by atoms with Gasteiger partial charge in [-0.25, -0.2) is 12.8 Å². The molecule has 2 aromatic rings. The maximum Gasteiger partial charge on any atom is 0.417 e. The maximum atomic E-state index is 13.0. The van der Waals surface area contributed by atoms with Gasteiger partial charge in [0.15, 0.2) is 15.4 Å². The summed E-state index contributed by atoms with van der Waals surface area (Å²) in [5.74, 6) is -3.06. The largest absolute Gasteiger partial charge is 0.652 e. The summed E-state index contributed by atoms with van der Waals surface area (Å²) in [4.78, 5) is 20.3. The van der Waals surface area contributed by atoms with Crippen LogP contribution in [-0.4, -0.2) is 36.9 Å². The number of carboxylic acid groups (broad SMARTS) is 2. The second-order valence-electron chi connectivity index (χ2n) is 6.56. The average Bonchev–Trinajstić information content (AvgIpc) is 2.66. The van der Waals surface area contributed by atoms with Crippen LogP contribution in [0.4, 0.5) is 28.0 Å². The molecule has 0 bridgehead atoms. The molecule has 33 heavy (non-hydrogen) atoms. The van der Waals surface area contributed by atoms with E-state index in [0.717, 1.165) is 43.3 Å². The second kappa shape index (κ2) is 10.3. The lowest BCUT2D eigenvalue weighted by molar-refractivity contribution is -0.415. The SMILES string of the molecule is CC(O)(CS(=O)(=O)c1ccc(F)cc1)C(=O)Nc1ccc(C#N)c(C(F)(F)F)c1.O=C([O-])[O-]. The van der Waals surface area contributed by atoms with E-state index in [9.17, 15) is 35.9 Å². The average molecular weight is 490 g/mol. The van der Waals surface area contributed by atoms with Gasteiger partial charge in [0, 0.05) is 5.69 Å². The molecule has 0 aliphatic carbocycles. The van der Waals surface area contributed by atoms with E-state index in [1.165, 1.54) is 6.07 Å². The van der Waals surface area contributed by atoms with Crippen LogP contribution >= 0.6 is 0 Å². The van der Waals surface area contributed by atoms with Gasteiger partial charge in [-0.15, -0.1) is 0 Å². The number of halogens is 4. The first-order chi connectivity index (χ1) is 15.0. The molecule has 14 heteroatoms. The topological polar surface area (TPSA) is 170 Å². The molecule has 2 aromatic carbocycles. The van der Waals surface area contributed by atoms with Gasteiger partial charge in [-0.2, -0.15) is 18.4 Å². The van der Waals surface area contributed by atoms with Crippen LogP contribution in [0.3, 0.4) is 0 Å². The highest BCUT2D eigenvalue weighted by molar-refractivity contribution is 7.91. The summed E-state index contributed by atoms with van der Waals surface area (Å²) < 4.78 is 76.6. The van der Waals surface area contributed by atoms with E-state index in [0.29, 0.717) is 6.07 Å². The lowest BCUT2D eigenvalue weighted by Gasteiger charge is -2.22. The molecular formula is C19H14F4N2O7S-2. The minimum absolute atomic E-state index is 0.343. The third-order valence-corrected chi connectivity index (χ3v) is 5.77. The van der Waals surface area contributed by atoms with Gasteiger partial charge >= 0.3 is 6.18 Å². The number of nitriles is 1. The zero-order chi connectivity index (χ0) is 25.6. The molecule has 178 valence electrons. The second-order valence-corrected chi connectivity index (χ2v) is 8.55. The van der Waals surface area contributed by atoms with Crippen molar-refractivity contribution in [2.75, 3.05) is 11.1 Å². The molecule has 0 aliphatic rings. The highest BCUT2D eigenvalue weighted by atomic mass is 32.2. The van der Waals surface area contributed by atoms with E-state index in [1.54, 1.807) is 0 Å². The number of rotatable bonds is 5. The Morgan fingerprint density at radius 1 is 1.12 bits per heavy atom. The summed E-state index contributed by atoms with van der Waals surface area (Å²) in [6.07, 6.45) is -7.19. The van der Waals surface area contributed by atoms with Crippen molar-refractivity contribution in [2.24, 2.45) is 0 Å². The highest BCUT2D eigenvalue weighted by Crippen LogP contribution is 2.33. The number of anilines is 1. The van der Waals surface area contributed by atoms with Crippen molar-refractivity contribution in [1.29, 1.82) is 5.26 Å². The van der Waals surface area contributed by atoms with E-state index >= 15 is 0 Å². The summed E-state index contributed by atoms with van der Waals surface area (Å²) in [6.45, 7) is 0.873. The van der Waals surface area contributed by atoms with Gasteiger partial charge in [-0.1, -0.05) is 0 Å². The fraction of sp³-hybridized carbons (Fsp3) is 0.211. The molecule has 0 radical (unpaired) electrons. The van der Waals surface area contributed by atoms with Crippen LogP contribution in [0, 0.1) is 17.1 Å². The Morgan fingerprint density at radius 3 is 2.09 bits per heavy atom. The zero-order valence-corrected chi connectivity index (χ0v) is 17.3. The molecule has 0 heterocycles. The number of alkyl halides is 3. The first kappa shape index (κ1) is 27.3.